The average molecular weight is 356 g/mol. The van der Waals surface area contributed by atoms with Crippen LogP contribution in [0.25, 0.3) is 0 Å². The summed E-state index contributed by atoms with van der Waals surface area (Å²) in [5.74, 6) is -1.64. The number of benzene rings is 1. The number of rotatable bonds is 3. The molecule has 3 rings (SSSR count). The lowest BCUT2D eigenvalue weighted by Crippen LogP contribution is -2.61. The Labute approximate surface area is 147 Å². The van der Waals surface area contributed by atoms with E-state index in [0.717, 1.165) is 6.42 Å². The number of piperidine rings is 1. The maximum Gasteiger partial charge on any atom is 0.338 e. The van der Waals surface area contributed by atoms with E-state index in [9.17, 15) is 14.8 Å². The highest BCUT2D eigenvalue weighted by Gasteiger charge is 2.57. The fourth-order valence-electron chi connectivity index (χ4n) is 3.98. The van der Waals surface area contributed by atoms with E-state index >= 15 is 0 Å². The van der Waals surface area contributed by atoms with E-state index in [1.807, 2.05) is 6.07 Å². The van der Waals surface area contributed by atoms with Crippen molar-refractivity contribution in [3.8, 4) is 0 Å². The number of fused-ring (bicyclic) bond motifs is 2. The molecule has 132 valence electrons. The minimum absolute atomic E-state index is 0. The lowest BCUT2D eigenvalue weighted by Gasteiger charge is -2.52. The van der Waals surface area contributed by atoms with Gasteiger partial charge < -0.3 is 19.3 Å². The predicted octanol–water partition coefficient (Wildman–Crippen LogP) is 2.30. The summed E-state index contributed by atoms with van der Waals surface area (Å²) in [5, 5.41) is 12.8. The Hall–Kier alpha value is -1.63. The van der Waals surface area contributed by atoms with Gasteiger partial charge in [0.25, 0.3) is 0 Å². The number of halogens is 1. The first-order chi connectivity index (χ1) is 10.9. The third kappa shape index (κ3) is 3.14. The molecular formula is C17H22ClNO5. The number of hydrogen-bond acceptors (Lipinski definition) is 5. The molecule has 7 heteroatoms. The summed E-state index contributed by atoms with van der Waals surface area (Å²) in [6, 6.07) is 8.12. The van der Waals surface area contributed by atoms with Crippen molar-refractivity contribution in [3.63, 3.8) is 0 Å². The normalized spacial score (nSPS) is 34.1. The quantitative estimate of drug-likeness (QED) is 0.472. The van der Waals surface area contributed by atoms with Crippen molar-refractivity contribution >= 4 is 24.3 Å². The van der Waals surface area contributed by atoms with Crippen LogP contribution in [0.15, 0.2) is 30.3 Å². The molecule has 6 nitrogen and oxygen atoms in total. The number of methoxy groups -OCH3 is 1. The second-order valence-electron chi connectivity index (χ2n) is 6.45. The molecule has 2 aliphatic rings. The standard InChI is InChI=1S/C17H21NO5.ClH/c1-18(21)12-8-9-13(18)15(17(20)22-2)14(10-12)23-16(19)11-6-4-3-5-7-11;/h3-7,12-15H,8-10H2,1-2H3;1H/t12-,13+,14?,15?,18?;/m0./s1. The van der Waals surface area contributed by atoms with E-state index in [2.05, 4.69) is 0 Å². The second-order valence-corrected chi connectivity index (χ2v) is 6.45. The zero-order chi connectivity index (χ0) is 16.6. The Kier molecular flexibility index (Phi) is 5.52. The van der Waals surface area contributed by atoms with Crippen LogP contribution in [0.1, 0.15) is 29.6 Å². The number of hydrogen-bond donors (Lipinski definition) is 0. The Morgan fingerprint density at radius 2 is 1.88 bits per heavy atom. The average Bonchev–Trinajstić information content (AvgIpc) is 2.73. The van der Waals surface area contributed by atoms with E-state index in [1.165, 1.54) is 7.11 Å². The first-order valence-electron chi connectivity index (χ1n) is 7.86. The van der Waals surface area contributed by atoms with Crippen LogP contribution in [-0.4, -0.2) is 48.9 Å². The van der Waals surface area contributed by atoms with Crippen LogP contribution in [0, 0.1) is 11.1 Å². The summed E-state index contributed by atoms with van der Waals surface area (Å²) in [7, 11) is 2.90. The second kappa shape index (κ2) is 7.09. The number of esters is 2. The van der Waals surface area contributed by atoms with Crippen LogP contribution >= 0.6 is 12.4 Å². The molecule has 2 aliphatic heterocycles. The van der Waals surface area contributed by atoms with Crippen molar-refractivity contribution in [2.24, 2.45) is 5.92 Å². The van der Waals surface area contributed by atoms with Crippen LogP contribution in [0.3, 0.4) is 0 Å². The van der Waals surface area contributed by atoms with Crippen molar-refractivity contribution in [2.45, 2.75) is 37.5 Å². The molecule has 0 spiro atoms. The zero-order valence-corrected chi connectivity index (χ0v) is 14.5. The zero-order valence-electron chi connectivity index (χ0n) is 13.7. The van der Waals surface area contributed by atoms with Gasteiger partial charge in [-0.25, -0.2) is 4.79 Å². The van der Waals surface area contributed by atoms with Crippen LogP contribution in [-0.2, 0) is 14.3 Å². The highest BCUT2D eigenvalue weighted by molar-refractivity contribution is 5.89. The Bertz CT molecular complexity index is 606. The van der Waals surface area contributed by atoms with Gasteiger partial charge in [-0.1, -0.05) is 18.2 Å². The first kappa shape index (κ1) is 18.7. The van der Waals surface area contributed by atoms with E-state index < -0.39 is 34.6 Å². The minimum atomic E-state index is -0.700. The molecule has 1 aromatic carbocycles. The van der Waals surface area contributed by atoms with Gasteiger partial charge in [-0.2, -0.15) is 0 Å². The van der Waals surface area contributed by atoms with Crippen molar-refractivity contribution in [1.82, 2.24) is 0 Å². The fourth-order valence-corrected chi connectivity index (χ4v) is 3.98. The smallest absolute Gasteiger partial charge is 0.338 e. The van der Waals surface area contributed by atoms with Gasteiger partial charge in [-0.3, -0.25) is 4.79 Å². The predicted molar refractivity (Wildman–Crippen MR) is 89.4 cm³/mol. The van der Waals surface area contributed by atoms with Crippen LogP contribution in [0.5, 0.6) is 0 Å². The first-order valence-corrected chi connectivity index (χ1v) is 7.86. The molecule has 0 amide bonds. The van der Waals surface area contributed by atoms with Gasteiger partial charge in [0, 0.05) is 19.3 Å². The maximum absolute atomic E-state index is 12.8. The van der Waals surface area contributed by atoms with Crippen LogP contribution < -0.4 is 0 Å². The molecule has 0 N–H and O–H groups in total. The highest BCUT2D eigenvalue weighted by atomic mass is 35.5. The molecule has 0 radical (unpaired) electrons. The molecule has 2 bridgehead atoms. The number of nitrogens with zero attached hydrogens (tertiary/aromatic N) is 1. The molecule has 2 saturated heterocycles. The summed E-state index contributed by atoms with van der Waals surface area (Å²) < 4.78 is 10.0. The van der Waals surface area contributed by atoms with Gasteiger partial charge in [0.2, 0.25) is 0 Å². The lowest BCUT2D eigenvalue weighted by molar-refractivity contribution is -0.906. The van der Waals surface area contributed by atoms with Crippen molar-refractivity contribution < 1.29 is 23.7 Å². The summed E-state index contributed by atoms with van der Waals surface area (Å²) in [4.78, 5) is 24.5. The molecule has 2 heterocycles. The number of carbonyl (C=O) groups is 2. The third-order valence-electron chi connectivity index (χ3n) is 5.24. The van der Waals surface area contributed by atoms with E-state index in [4.69, 9.17) is 9.47 Å². The molecule has 0 saturated carbocycles. The molecule has 5 atom stereocenters. The van der Waals surface area contributed by atoms with Gasteiger partial charge in [-0.15, -0.1) is 12.4 Å². The fraction of sp³-hybridized carbons (Fsp3) is 0.529. The van der Waals surface area contributed by atoms with Gasteiger partial charge in [-0.05, 0) is 12.1 Å². The summed E-state index contributed by atoms with van der Waals surface area (Å²) in [6.45, 7) is 0. The molecule has 3 unspecified atom stereocenters. The van der Waals surface area contributed by atoms with Crippen LogP contribution in [0.4, 0.5) is 0 Å². The molecule has 0 aliphatic carbocycles. The molecule has 1 aromatic rings. The van der Waals surface area contributed by atoms with E-state index in [1.54, 1.807) is 31.3 Å². The van der Waals surface area contributed by atoms with Gasteiger partial charge in [0.1, 0.15) is 18.1 Å². The van der Waals surface area contributed by atoms with Gasteiger partial charge >= 0.3 is 11.9 Å². The molecule has 24 heavy (non-hydrogen) atoms. The Morgan fingerprint density at radius 1 is 1.21 bits per heavy atom. The minimum Gasteiger partial charge on any atom is -0.633 e. The number of quaternary nitrogens is 1. The topological polar surface area (TPSA) is 75.7 Å². The van der Waals surface area contributed by atoms with Crippen LogP contribution in [0.2, 0.25) is 0 Å². The third-order valence-corrected chi connectivity index (χ3v) is 5.24. The molecule has 0 aromatic heterocycles. The van der Waals surface area contributed by atoms with Crippen molar-refractivity contribution in [3.05, 3.63) is 41.1 Å². The maximum atomic E-state index is 12.8. The van der Waals surface area contributed by atoms with Crippen molar-refractivity contribution in [2.75, 3.05) is 14.2 Å². The largest absolute Gasteiger partial charge is 0.633 e. The van der Waals surface area contributed by atoms with E-state index in [0.29, 0.717) is 18.4 Å². The number of hydroxylamine groups is 3. The summed E-state index contributed by atoms with van der Waals surface area (Å²) in [6.07, 6.45) is 1.20. The monoisotopic (exact) mass is 355 g/mol. The number of carbonyl (C=O) groups excluding carboxylic acids is 2. The van der Waals surface area contributed by atoms with Gasteiger partial charge in [0.15, 0.2) is 0 Å². The van der Waals surface area contributed by atoms with Gasteiger partial charge in [0.05, 0.1) is 25.8 Å². The SMILES string of the molecule is COC(=O)C1C(OC(=O)c2ccccc2)C[C@@H]2CC[C@H]1[N+]2(C)[O-].Cl. The Morgan fingerprint density at radius 3 is 2.50 bits per heavy atom. The number of ether oxygens (including phenoxy) is 2. The van der Waals surface area contributed by atoms with Crippen molar-refractivity contribution in [1.29, 1.82) is 0 Å². The summed E-state index contributed by atoms with van der Waals surface area (Å²) in [5.41, 5.74) is 0.438. The summed E-state index contributed by atoms with van der Waals surface area (Å²) >= 11 is 0. The highest BCUT2D eigenvalue weighted by Crippen LogP contribution is 2.45. The van der Waals surface area contributed by atoms with E-state index in [-0.39, 0.29) is 18.4 Å². The molecular weight excluding hydrogens is 334 g/mol. The Balaban J connectivity index is 0.00000208. The lowest BCUT2D eigenvalue weighted by atomic mass is 9.87. The molecule has 2 fully saturated rings.